The van der Waals surface area contributed by atoms with Crippen LogP contribution in [0.25, 0.3) is 0 Å². The first-order valence-electron chi connectivity index (χ1n) is 4.28. The zero-order chi connectivity index (χ0) is 10.1. The lowest BCUT2D eigenvalue weighted by atomic mass is 10.0. The highest BCUT2D eigenvalue weighted by molar-refractivity contribution is 5.55. The molecule has 74 valence electrons. The summed E-state index contributed by atoms with van der Waals surface area (Å²) < 4.78 is 10.0. The number of hydrogen-bond donors (Lipinski definition) is 0. The molecule has 0 fully saturated rings. The third-order valence-corrected chi connectivity index (χ3v) is 1.69. The predicted octanol–water partition coefficient (Wildman–Crippen LogP) is 1.22. The smallest absolute Gasteiger partial charge is 0.148 e. The third kappa shape index (κ3) is 4.66. The summed E-state index contributed by atoms with van der Waals surface area (Å²) in [5.74, 6) is 5.41. The van der Waals surface area contributed by atoms with Crippen molar-refractivity contribution in [2.45, 2.75) is 26.4 Å². The van der Waals surface area contributed by atoms with Crippen molar-refractivity contribution < 1.29 is 14.3 Å². The van der Waals surface area contributed by atoms with Gasteiger partial charge in [-0.25, -0.2) is 0 Å². The first-order chi connectivity index (χ1) is 6.29. The lowest BCUT2D eigenvalue weighted by Crippen LogP contribution is -2.24. The molecule has 0 heterocycles. The minimum atomic E-state index is -0.340. The summed E-state index contributed by atoms with van der Waals surface area (Å²) in [5.41, 5.74) is 0. The van der Waals surface area contributed by atoms with Crippen molar-refractivity contribution in [3.05, 3.63) is 0 Å². The topological polar surface area (TPSA) is 35.5 Å². The molecule has 0 spiro atoms. The molecular weight excluding hydrogens is 168 g/mol. The molecule has 0 aliphatic carbocycles. The molecule has 0 aliphatic heterocycles. The lowest BCUT2D eigenvalue weighted by Gasteiger charge is -2.16. The van der Waals surface area contributed by atoms with Gasteiger partial charge in [0.05, 0.1) is 5.92 Å². The molecule has 0 aromatic rings. The Morgan fingerprint density at radius 3 is 2.62 bits per heavy atom. The molecular formula is C10H16O3. The van der Waals surface area contributed by atoms with E-state index in [1.165, 1.54) is 7.11 Å². The van der Waals surface area contributed by atoms with Crippen LogP contribution in [0.4, 0.5) is 0 Å². The molecule has 3 nitrogen and oxygen atoms in total. The summed E-state index contributed by atoms with van der Waals surface area (Å²) in [6, 6.07) is 0. The molecule has 0 saturated carbocycles. The maximum absolute atomic E-state index is 10.6. The van der Waals surface area contributed by atoms with Gasteiger partial charge in [0.15, 0.2) is 0 Å². The van der Waals surface area contributed by atoms with E-state index < -0.39 is 0 Å². The number of rotatable bonds is 6. The van der Waals surface area contributed by atoms with E-state index in [0.29, 0.717) is 0 Å². The number of ether oxygens (including phenoxy) is 2. The lowest BCUT2D eigenvalue weighted by molar-refractivity contribution is -0.119. The fourth-order valence-corrected chi connectivity index (χ4v) is 0.938. The predicted molar refractivity (Wildman–Crippen MR) is 50.0 cm³/mol. The van der Waals surface area contributed by atoms with Crippen molar-refractivity contribution in [1.29, 1.82) is 0 Å². The Kier molecular flexibility index (Phi) is 7.27. The molecule has 0 radical (unpaired) electrons. The van der Waals surface area contributed by atoms with Gasteiger partial charge in [-0.2, -0.15) is 0 Å². The number of hydrogen-bond acceptors (Lipinski definition) is 3. The summed E-state index contributed by atoms with van der Waals surface area (Å²) in [4.78, 5) is 10.6. The first kappa shape index (κ1) is 12.2. The monoisotopic (exact) mass is 184 g/mol. The molecule has 0 rings (SSSR count). The highest BCUT2D eigenvalue weighted by Gasteiger charge is 2.17. The van der Waals surface area contributed by atoms with Gasteiger partial charge in [0, 0.05) is 7.11 Å². The maximum atomic E-state index is 10.6. The van der Waals surface area contributed by atoms with E-state index in [2.05, 4.69) is 11.8 Å². The Hall–Kier alpha value is -0.850. The largest absolute Gasteiger partial charge is 0.359 e. The molecule has 0 bridgehead atoms. The third-order valence-electron chi connectivity index (χ3n) is 1.69. The van der Waals surface area contributed by atoms with Crippen LogP contribution in [0.2, 0.25) is 0 Å². The summed E-state index contributed by atoms with van der Waals surface area (Å²) in [7, 11) is 1.54. The molecule has 0 N–H and O–H groups in total. The van der Waals surface area contributed by atoms with Gasteiger partial charge in [-0.05, 0) is 13.3 Å². The van der Waals surface area contributed by atoms with Gasteiger partial charge in [-0.3, -0.25) is 0 Å². The van der Waals surface area contributed by atoms with Crippen LogP contribution >= 0.6 is 0 Å². The van der Waals surface area contributed by atoms with Crippen molar-refractivity contribution >= 4 is 6.29 Å². The van der Waals surface area contributed by atoms with Gasteiger partial charge in [-0.15, -0.1) is 5.92 Å². The van der Waals surface area contributed by atoms with Gasteiger partial charge in [0.25, 0.3) is 0 Å². The van der Waals surface area contributed by atoms with Gasteiger partial charge in [0.2, 0.25) is 0 Å². The molecule has 3 heteroatoms. The Morgan fingerprint density at radius 1 is 1.54 bits per heavy atom. The zero-order valence-electron chi connectivity index (χ0n) is 8.37. The maximum Gasteiger partial charge on any atom is 0.148 e. The molecule has 0 aromatic carbocycles. The molecule has 0 aromatic heterocycles. The van der Waals surface area contributed by atoms with Gasteiger partial charge < -0.3 is 14.3 Å². The van der Waals surface area contributed by atoms with E-state index in [1.807, 2.05) is 6.92 Å². The summed E-state index contributed by atoms with van der Waals surface area (Å²) in [5, 5.41) is 0. The van der Waals surface area contributed by atoms with Crippen LogP contribution in [0.1, 0.15) is 20.3 Å². The highest BCUT2D eigenvalue weighted by Crippen LogP contribution is 2.08. The number of carbonyl (C=O) groups is 1. The Morgan fingerprint density at radius 2 is 2.23 bits per heavy atom. The molecule has 0 amide bonds. The van der Waals surface area contributed by atoms with E-state index in [0.717, 1.165) is 12.7 Å². The highest BCUT2D eigenvalue weighted by atomic mass is 16.7. The summed E-state index contributed by atoms with van der Waals surface area (Å²) in [6.07, 6.45) is 1.27. The number of aldehydes is 1. The number of methoxy groups -OCH3 is 1. The van der Waals surface area contributed by atoms with Crippen molar-refractivity contribution in [3.8, 4) is 11.8 Å². The van der Waals surface area contributed by atoms with Gasteiger partial charge in [0.1, 0.15) is 19.2 Å². The summed E-state index contributed by atoms with van der Waals surface area (Å²) >= 11 is 0. The Bertz CT molecular complexity index is 190. The minimum absolute atomic E-state index is 0.164. The van der Waals surface area contributed by atoms with Crippen LogP contribution in [0.5, 0.6) is 0 Å². The van der Waals surface area contributed by atoms with E-state index >= 15 is 0 Å². The Balaban J connectivity index is 4.17. The minimum Gasteiger partial charge on any atom is -0.359 e. The van der Waals surface area contributed by atoms with E-state index in [-0.39, 0.29) is 18.8 Å². The second-order valence-corrected chi connectivity index (χ2v) is 2.60. The average molecular weight is 184 g/mol. The van der Waals surface area contributed by atoms with Gasteiger partial charge in [-0.1, -0.05) is 12.8 Å². The van der Waals surface area contributed by atoms with Crippen LogP contribution in [-0.2, 0) is 14.3 Å². The molecule has 13 heavy (non-hydrogen) atoms. The molecule has 2 atom stereocenters. The second kappa shape index (κ2) is 7.78. The van der Waals surface area contributed by atoms with Crippen LogP contribution in [0.15, 0.2) is 0 Å². The van der Waals surface area contributed by atoms with E-state index in [1.54, 1.807) is 6.92 Å². The van der Waals surface area contributed by atoms with E-state index in [4.69, 9.17) is 9.47 Å². The Labute approximate surface area is 79.4 Å². The van der Waals surface area contributed by atoms with E-state index in [9.17, 15) is 4.79 Å². The molecule has 0 unspecified atom stereocenters. The van der Waals surface area contributed by atoms with Crippen LogP contribution in [0, 0.1) is 17.8 Å². The van der Waals surface area contributed by atoms with Crippen LogP contribution in [-0.4, -0.2) is 26.3 Å². The second-order valence-electron chi connectivity index (χ2n) is 2.60. The van der Waals surface area contributed by atoms with Crippen molar-refractivity contribution in [3.63, 3.8) is 0 Å². The van der Waals surface area contributed by atoms with Crippen LogP contribution < -0.4 is 0 Å². The van der Waals surface area contributed by atoms with Crippen LogP contribution in [0.3, 0.4) is 0 Å². The van der Waals surface area contributed by atoms with Crippen molar-refractivity contribution in [1.82, 2.24) is 0 Å². The standard InChI is InChI=1S/C10H16O3/c1-4-6-10(13-8-12-3)9(5-2)7-11/h7,9-10H,5,8H2,1-3H3/t9-,10-/m0/s1. The zero-order valence-corrected chi connectivity index (χ0v) is 8.37. The normalized spacial score (nSPS) is 14.1. The first-order valence-corrected chi connectivity index (χ1v) is 4.28. The molecule has 0 saturated heterocycles. The quantitative estimate of drug-likeness (QED) is 0.354. The van der Waals surface area contributed by atoms with Crippen molar-refractivity contribution in [2.24, 2.45) is 5.92 Å². The fraction of sp³-hybridized carbons (Fsp3) is 0.700. The average Bonchev–Trinajstić information content (AvgIpc) is 2.16. The SMILES string of the molecule is CC#C[C@H](OCOC)[C@H](C=O)CC. The number of carbonyl (C=O) groups excluding carboxylic acids is 1. The van der Waals surface area contributed by atoms with Gasteiger partial charge >= 0.3 is 0 Å². The van der Waals surface area contributed by atoms with Crippen molar-refractivity contribution in [2.75, 3.05) is 13.9 Å². The fourth-order valence-electron chi connectivity index (χ4n) is 0.938. The molecule has 0 aliphatic rings. The summed E-state index contributed by atoms with van der Waals surface area (Å²) in [6.45, 7) is 3.82.